The smallest absolute Gasteiger partial charge is 0.390 e. The molecule has 1 aromatic carbocycles. The first kappa shape index (κ1) is 17.3. The molecule has 0 radical (unpaired) electrons. The highest BCUT2D eigenvalue weighted by Crippen LogP contribution is 2.31. The zero-order valence-electron chi connectivity index (χ0n) is 13.3. The molecule has 4 nitrogen and oxygen atoms in total. The maximum absolute atomic E-state index is 6.03. The van der Waals surface area contributed by atoms with Crippen LogP contribution in [0, 0.1) is 0 Å². The Bertz CT molecular complexity index is 367. The standard InChI is InChI=1S/C15H26O4Si/c1-12(2)18-20(19-13(3)4)15(16-5,17-6)14-10-8-7-9-11-14/h7-13,20H,1-6H3. The number of rotatable bonds is 8. The summed E-state index contributed by atoms with van der Waals surface area (Å²) in [7, 11) is 0.986. The van der Waals surface area contributed by atoms with Gasteiger partial charge in [-0.3, -0.25) is 0 Å². The Morgan fingerprint density at radius 2 is 1.30 bits per heavy atom. The molecular formula is C15H26O4Si. The van der Waals surface area contributed by atoms with Gasteiger partial charge in [0.25, 0.3) is 0 Å². The molecule has 1 aromatic rings. The molecule has 0 N–H and O–H groups in total. The van der Waals surface area contributed by atoms with Gasteiger partial charge in [-0.25, -0.2) is 0 Å². The van der Waals surface area contributed by atoms with Gasteiger partial charge in [0.05, 0.1) is 0 Å². The maximum Gasteiger partial charge on any atom is 0.390 e. The average molecular weight is 298 g/mol. The van der Waals surface area contributed by atoms with E-state index in [1.807, 2.05) is 58.0 Å². The quantitative estimate of drug-likeness (QED) is 0.546. The van der Waals surface area contributed by atoms with Gasteiger partial charge in [-0.2, -0.15) is 0 Å². The van der Waals surface area contributed by atoms with E-state index in [4.69, 9.17) is 18.3 Å². The lowest BCUT2D eigenvalue weighted by molar-refractivity contribution is -0.180. The summed E-state index contributed by atoms with van der Waals surface area (Å²) < 4.78 is 23.5. The first-order chi connectivity index (χ1) is 9.46. The first-order valence-corrected chi connectivity index (χ1v) is 8.45. The van der Waals surface area contributed by atoms with Gasteiger partial charge in [0.1, 0.15) is 0 Å². The van der Waals surface area contributed by atoms with Crippen LogP contribution in [-0.2, 0) is 23.7 Å². The van der Waals surface area contributed by atoms with Crippen molar-refractivity contribution in [3.8, 4) is 0 Å². The topological polar surface area (TPSA) is 36.9 Å². The SMILES string of the molecule is COC(OC)(c1ccccc1)[SiH](OC(C)C)OC(C)C. The third kappa shape index (κ3) is 4.13. The zero-order chi connectivity index (χ0) is 15.2. The second-order valence-corrected chi connectivity index (χ2v) is 7.11. The van der Waals surface area contributed by atoms with Crippen molar-refractivity contribution in [3.63, 3.8) is 0 Å². The molecule has 1 rings (SSSR count). The van der Waals surface area contributed by atoms with E-state index in [0.29, 0.717) is 0 Å². The lowest BCUT2D eigenvalue weighted by atomic mass is 10.2. The molecule has 0 aliphatic heterocycles. The van der Waals surface area contributed by atoms with Crippen molar-refractivity contribution < 1.29 is 18.3 Å². The predicted octanol–water partition coefficient (Wildman–Crippen LogP) is 2.74. The van der Waals surface area contributed by atoms with Gasteiger partial charge >= 0.3 is 9.28 Å². The Balaban J connectivity index is 3.18. The van der Waals surface area contributed by atoms with Crippen LogP contribution in [0.1, 0.15) is 33.3 Å². The van der Waals surface area contributed by atoms with Crippen LogP contribution in [-0.4, -0.2) is 35.7 Å². The molecule has 0 spiro atoms. The van der Waals surface area contributed by atoms with Crippen molar-refractivity contribution in [3.05, 3.63) is 35.9 Å². The molecule has 0 fully saturated rings. The van der Waals surface area contributed by atoms with E-state index in [1.165, 1.54) is 0 Å². The van der Waals surface area contributed by atoms with Crippen LogP contribution in [0.25, 0.3) is 0 Å². The average Bonchev–Trinajstić information content (AvgIpc) is 2.40. The first-order valence-electron chi connectivity index (χ1n) is 6.93. The lowest BCUT2D eigenvalue weighted by Gasteiger charge is -2.37. The lowest BCUT2D eigenvalue weighted by Crippen LogP contribution is -2.52. The Morgan fingerprint density at radius 3 is 1.65 bits per heavy atom. The number of methoxy groups -OCH3 is 2. The van der Waals surface area contributed by atoms with Crippen molar-refractivity contribution in [1.82, 2.24) is 0 Å². The molecule has 0 aromatic heterocycles. The minimum Gasteiger partial charge on any atom is -0.391 e. The van der Waals surface area contributed by atoms with Crippen LogP contribution in [0.5, 0.6) is 0 Å². The number of hydrogen-bond acceptors (Lipinski definition) is 4. The fourth-order valence-corrected chi connectivity index (χ4v) is 4.28. The van der Waals surface area contributed by atoms with Gasteiger partial charge in [0.15, 0.2) is 0 Å². The van der Waals surface area contributed by atoms with Crippen molar-refractivity contribution in [2.24, 2.45) is 0 Å². The molecule has 0 saturated heterocycles. The normalized spacial score (nSPS) is 12.7. The van der Waals surface area contributed by atoms with Crippen LogP contribution in [0.3, 0.4) is 0 Å². The molecule has 0 unspecified atom stereocenters. The Morgan fingerprint density at radius 1 is 0.850 bits per heavy atom. The van der Waals surface area contributed by atoms with E-state index in [9.17, 15) is 0 Å². The van der Waals surface area contributed by atoms with Crippen LogP contribution in [0.15, 0.2) is 30.3 Å². The second-order valence-electron chi connectivity index (χ2n) is 5.14. The maximum atomic E-state index is 6.03. The summed E-state index contributed by atoms with van der Waals surface area (Å²) in [6.07, 6.45) is 0.109. The second kappa shape index (κ2) is 7.90. The molecular weight excluding hydrogens is 272 g/mol. The van der Waals surface area contributed by atoms with Crippen molar-refractivity contribution >= 4 is 9.28 Å². The predicted molar refractivity (Wildman–Crippen MR) is 81.7 cm³/mol. The van der Waals surface area contributed by atoms with Gasteiger partial charge in [-0.15, -0.1) is 0 Å². The Labute approximate surface area is 123 Å². The molecule has 0 amide bonds. The van der Waals surface area contributed by atoms with Crippen LogP contribution >= 0.6 is 0 Å². The summed E-state index contributed by atoms with van der Waals surface area (Å²) in [5, 5.41) is 0. The van der Waals surface area contributed by atoms with Crippen molar-refractivity contribution in [2.75, 3.05) is 14.2 Å². The summed E-state index contributed by atoms with van der Waals surface area (Å²) in [5.74, 6) is 0. The van der Waals surface area contributed by atoms with Gasteiger partial charge in [-0.05, 0) is 27.7 Å². The van der Waals surface area contributed by atoms with Crippen LogP contribution in [0.4, 0.5) is 0 Å². The zero-order valence-corrected chi connectivity index (χ0v) is 14.4. The van der Waals surface area contributed by atoms with E-state index in [2.05, 4.69) is 0 Å². The van der Waals surface area contributed by atoms with E-state index in [-0.39, 0.29) is 12.2 Å². The summed E-state index contributed by atoms with van der Waals surface area (Å²) >= 11 is 0. The highest BCUT2D eigenvalue weighted by molar-refractivity contribution is 6.47. The summed E-state index contributed by atoms with van der Waals surface area (Å²) in [6, 6.07) is 9.82. The summed E-state index contributed by atoms with van der Waals surface area (Å²) in [4.78, 5) is 0. The third-order valence-electron chi connectivity index (χ3n) is 2.88. The molecule has 0 aliphatic rings. The highest BCUT2D eigenvalue weighted by atomic mass is 28.3. The van der Waals surface area contributed by atoms with E-state index >= 15 is 0 Å². The molecule has 0 bridgehead atoms. The fourth-order valence-electron chi connectivity index (χ4n) is 2.02. The fraction of sp³-hybridized carbons (Fsp3) is 0.600. The van der Waals surface area contributed by atoms with Crippen LogP contribution in [0.2, 0.25) is 0 Å². The van der Waals surface area contributed by atoms with E-state index in [0.717, 1.165) is 5.56 Å². The number of benzene rings is 1. The molecule has 0 heterocycles. The highest BCUT2D eigenvalue weighted by Gasteiger charge is 2.47. The van der Waals surface area contributed by atoms with Gasteiger partial charge in [0.2, 0.25) is 5.41 Å². The number of hydrogen-bond donors (Lipinski definition) is 0. The minimum atomic E-state index is -2.27. The van der Waals surface area contributed by atoms with Gasteiger partial charge < -0.3 is 18.3 Å². The van der Waals surface area contributed by atoms with E-state index in [1.54, 1.807) is 14.2 Å². The largest absolute Gasteiger partial charge is 0.391 e. The molecule has 0 saturated carbocycles. The van der Waals surface area contributed by atoms with Gasteiger partial charge in [-0.1, -0.05) is 30.3 Å². The summed E-state index contributed by atoms with van der Waals surface area (Å²) in [6.45, 7) is 7.96. The Kier molecular flexibility index (Phi) is 6.85. The Hall–Kier alpha value is -0.723. The van der Waals surface area contributed by atoms with Crippen molar-refractivity contribution in [1.29, 1.82) is 0 Å². The van der Waals surface area contributed by atoms with Crippen molar-refractivity contribution in [2.45, 2.75) is 45.3 Å². The third-order valence-corrected chi connectivity index (χ3v) is 5.89. The van der Waals surface area contributed by atoms with Gasteiger partial charge in [0, 0.05) is 32.0 Å². The molecule has 0 atom stereocenters. The summed E-state index contributed by atoms with van der Waals surface area (Å²) in [5.41, 5.74) is -0.0292. The molecule has 114 valence electrons. The molecule has 5 heteroatoms. The monoisotopic (exact) mass is 298 g/mol. The van der Waals surface area contributed by atoms with Crippen LogP contribution < -0.4 is 0 Å². The minimum absolute atomic E-state index is 0.0544. The number of ether oxygens (including phenoxy) is 2. The molecule has 0 aliphatic carbocycles. The molecule has 20 heavy (non-hydrogen) atoms. The van der Waals surface area contributed by atoms with E-state index < -0.39 is 14.7 Å².